The fourth-order valence-corrected chi connectivity index (χ4v) is 2.86. The van der Waals surface area contributed by atoms with Gasteiger partial charge in [0, 0.05) is 17.3 Å². The van der Waals surface area contributed by atoms with Gasteiger partial charge in [-0.3, -0.25) is 4.79 Å². The molecule has 7 nitrogen and oxygen atoms in total. The highest BCUT2D eigenvalue weighted by Crippen LogP contribution is 2.20. The topological polar surface area (TPSA) is 108 Å². The second-order valence-electron chi connectivity index (χ2n) is 5.11. The zero-order valence-electron chi connectivity index (χ0n) is 13.7. The van der Waals surface area contributed by atoms with Crippen molar-refractivity contribution in [1.29, 1.82) is 5.26 Å². The van der Waals surface area contributed by atoms with Crippen molar-refractivity contribution >= 4 is 21.6 Å². The average Bonchev–Trinajstić information content (AvgIpc) is 2.60. The van der Waals surface area contributed by atoms with Crippen molar-refractivity contribution in [1.82, 2.24) is 4.72 Å². The van der Waals surface area contributed by atoms with E-state index in [2.05, 4.69) is 10.0 Å². The molecular formula is C17H17N3O4S. The summed E-state index contributed by atoms with van der Waals surface area (Å²) in [6.07, 6.45) is 0. The van der Waals surface area contributed by atoms with Gasteiger partial charge in [-0.15, -0.1) is 0 Å². The van der Waals surface area contributed by atoms with Crippen molar-refractivity contribution in [3.05, 3.63) is 53.6 Å². The maximum absolute atomic E-state index is 12.5. The molecule has 0 saturated heterocycles. The Hall–Kier alpha value is -2.89. The van der Waals surface area contributed by atoms with Crippen LogP contribution in [0.5, 0.6) is 5.75 Å². The monoisotopic (exact) mass is 359 g/mol. The number of carbonyl (C=O) groups is 1. The molecule has 2 aromatic rings. The summed E-state index contributed by atoms with van der Waals surface area (Å²) in [7, 11) is -2.33. The summed E-state index contributed by atoms with van der Waals surface area (Å²) in [5, 5.41) is 11.2. The summed E-state index contributed by atoms with van der Waals surface area (Å²) in [5.74, 6) is 0.00525. The zero-order chi connectivity index (χ0) is 18.4. The third kappa shape index (κ3) is 4.56. The number of hydrogen-bond donors (Lipinski definition) is 2. The molecule has 0 unspecified atom stereocenters. The molecule has 0 aliphatic heterocycles. The van der Waals surface area contributed by atoms with Crippen molar-refractivity contribution in [3.63, 3.8) is 0 Å². The average molecular weight is 359 g/mol. The number of amides is 1. The number of nitrogens with zero attached hydrogens (tertiary/aromatic N) is 1. The van der Waals surface area contributed by atoms with Crippen LogP contribution in [0.3, 0.4) is 0 Å². The first-order valence-electron chi connectivity index (χ1n) is 7.33. The largest absolute Gasteiger partial charge is 0.479 e. The first-order chi connectivity index (χ1) is 11.9. The van der Waals surface area contributed by atoms with Gasteiger partial charge in [0.1, 0.15) is 11.8 Å². The molecule has 0 aromatic heterocycles. The minimum Gasteiger partial charge on any atom is -0.479 e. The highest BCUT2D eigenvalue weighted by Gasteiger charge is 2.16. The van der Waals surface area contributed by atoms with Crippen LogP contribution in [0.15, 0.2) is 47.4 Å². The maximum atomic E-state index is 12.5. The smallest absolute Gasteiger partial charge is 0.255 e. The van der Waals surface area contributed by atoms with Crippen LogP contribution in [0.1, 0.15) is 15.9 Å². The standard InChI is InChI=1S/C17H17N3O4S/c1-12-6-7-15(25(22,23)19-2)11-16(12)17(21)20-13-4-3-5-14(10-13)24-9-8-18/h3-7,10-11,19H,9H2,1-2H3,(H,20,21). The lowest BCUT2D eigenvalue weighted by molar-refractivity contribution is 0.102. The number of ether oxygens (including phenoxy) is 1. The lowest BCUT2D eigenvalue weighted by Crippen LogP contribution is -2.20. The van der Waals surface area contributed by atoms with Gasteiger partial charge in [0.2, 0.25) is 10.0 Å². The Morgan fingerprint density at radius 3 is 2.68 bits per heavy atom. The normalized spacial score (nSPS) is 10.8. The molecule has 2 N–H and O–H groups in total. The second-order valence-corrected chi connectivity index (χ2v) is 7.00. The Morgan fingerprint density at radius 2 is 2.00 bits per heavy atom. The molecule has 0 fully saturated rings. The van der Waals surface area contributed by atoms with Crippen LogP contribution in [0.25, 0.3) is 0 Å². The molecule has 8 heteroatoms. The molecule has 0 heterocycles. The Bertz CT molecular complexity index is 933. The number of anilines is 1. The second kappa shape index (κ2) is 7.79. The minimum atomic E-state index is -3.64. The van der Waals surface area contributed by atoms with E-state index in [1.807, 2.05) is 6.07 Å². The van der Waals surface area contributed by atoms with E-state index < -0.39 is 15.9 Å². The van der Waals surface area contributed by atoms with Crippen LogP contribution in [0.2, 0.25) is 0 Å². The molecule has 0 spiro atoms. The van der Waals surface area contributed by atoms with E-state index in [1.165, 1.54) is 19.2 Å². The third-order valence-electron chi connectivity index (χ3n) is 3.43. The zero-order valence-corrected chi connectivity index (χ0v) is 14.6. The number of nitriles is 1. The highest BCUT2D eigenvalue weighted by molar-refractivity contribution is 7.89. The number of carbonyl (C=O) groups excluding carboxylic acids is 1. The van der Waals surface area contributed by atoms with Crippen LogP contribution in [-0.2, 0) is 10.0 Å². The number of nitrogens with one attached hydrogen (secondary N) is 2. The van der Waals surface area contributed by atoms with Crippen LogP contribution < -0.4 is 14.8 Å². The van der Waals surface area contributed by atoms with Crippen molar-refractivity contribution < 1.29 is 17.9 Å². The first kappa shape index (κ1) is 18.4. The quantitative estimate of drug-likeness (QED) is 0.821. The van der Waals surface area contributed by atoms with Crippen LogP contribution in [-0.4, -0.2) is 28.0 Å². The maximum Gasteiger partial charge on any atom is 0.255 e. The van der Waals surface area contributed by atoms with E-state index in [0.717, 1.165) is 0 Å². The van der Waals surface area contributed by atoms with Gasteiger partial charge in [0.15, 0.2) is 6.61 Å². The van der Waals surface area contributed by atoms with Crippen molar-refractivity contribution in [2.45, 2.75) is 11.8 Å². The predicted octanol–water partition coefficient (Wildman–Crippen LogP) is 2.06. The van der Waals surface area contributed by atoms with Gasteiger partial charge in [-0.2, -0.15) is 5.26 Å². The molecule has 2 aromatic carbocycles. The number of rotatable bonds is 6. The van der Waals surface area contributed by atoms with E-state index in [9.17, 15) is 13.2 Å². The predicted molar refractivity (Wildman–Crippen MR) is 92.9 cm³/mol. The highest BCUT2D eigenvalue weighted by atomic mass is 32.2. The Morgan fingerprint density at radius 1 is 1.24 bits per heavy atom. The molecule has 0 aliphatic rings. The molecule has 0 atom stereocenters. The molecule has 2 rings (SSSR count). The first-order valence-corrected chi connectivity index (χ1v) is 8.81. The van der Waals surface area contributed by atoms with Crippen molar-refractivity contribution in [3.8, 4) is 11.8 Å². The minimum absolute atomic E-state index is 0.0110. The van der Waals surface area contributed by atoms with E-state index in [0.29, 0.717) is 17.0 Å². The number of sulfonamides is 1. The van der Waals surface area contributed by atoms with Crippen molar-refractivity contribution in [2.24, 2.45) is 0 Å². The lowest BCUT2D eigenvalue weighted by atomic mass is 10.1. The van der Waals surface area contributed by atoms with Crippen LogP contribution in [0, 0.1) is 18.3 Å². The lowest BCUT2D eigenvalue weighted by Gasteiger charge is -2.11. The third-order valence-corrected chi connectivity index (χ3v) is 4.84. The summed E-state index contributed by atoms with van der Waals surface area (Å²) in [4.78, 5) is 12.5. The summed E-state index contributed by atoms with van der Waals surface area (Å²) in [6.45, 7) is 1.62. The van der Waals surface area contributed by atoms with Crippen LogP contribution in [0.4, 0.5) is 5.69 Å². The Kier molecular flexibility index (Phi) is 5.75. The van der Waals surface area contributed by atoms with E-state index >= 15 is 0 Å². The Balaban J connectivity index is 2.27. The molecular weight excluding hydrogens is 342 g/mol. The summed E-state index contributed by atoms with van der Waals surface area (Å²) in [5.41, 5.74) is 1.37. The van der Waals surface area contributed by atoms with Gasteiger partial charge in [0.25, 0.3) is 5.91 Å². The van der Waals surface area contributed by atoms with E-state index in [4.69, 9.17) is 10.00 Å². The molecule has 0 radical (unpaired) electrons. The molecule has 1 amide bonds. The summed E-state index contributed by atoms with van der Waals surface area (Å²) < 4.78 is 31.2. The molecule has 0 saturated carbocycles. The van der Waals surface area contributed by atoms with E-state index in [1.54, 1.807) is 37.3 Å². The van der Waals surface area contributed by atoms with E-state index in [-0.39, 0.29) is 17.1 Å². The number of hydrogen-bond acceptors (Lipinski definition) is 5. The fraction of sp³-hybridized carbons (Fsp3) is 0.176. The molecule has 25 heavy (non-hydrogen) atoms. The molecule has 0 aliphatic carbocycles. The van der Waals surface area contributed by atoms with Gasteiger partial charge in [0.05, 0.1) is 4.90 Å². The number of benzene rings is 2. The summed E-state index contributed by atoms with van der Waals surface area (Å²) >= 11 is 0. The van der Waals surface area contributed by atoms with Gasteiger partial charge in [-0.1, -0.05) is 12.1 Å². The fourth-order valence-electron chi connectivity index (χ4n) is 2.11. The molecule has 130 valence electrons. The number of aryl methyl sites for hydroxylation is 1. The Labute approximate surface area is 146 Å². The van der Waals surface area contributed by atoms with Crippen LogP contribution >= 0.6 is 0 Å². The summed E-state index contributed by atoms with van der Waals surface area (Å²) in [6, 6.07) is 12.8. The van der Waals surface area contributed by atoms with Gasteiger partial charge in [-0.05, 0) is 43.8 Å². The van der Waals surface area contributed by atoms with Gasteiger partial charge in [-0.25, -0.2) is 13.1 Å². The molecule has 0 bridgehead atoms. The van der Waals surface area contributed by atoms with Crippen molar-refractivity contribution in [2.75, 3.05) is 19.0 Å². The van der Waals surface area contributed by atoms with Gasteiger partial charge < -0.3 is 10.1 Å². The SMILES string of the molecule is CNS(=O)(=O)c1ccc(C)c(C(=O)Nc2cccc(OCC#N)c2)c1. The van der Waals surface area contributed by atoms with Gasteiger partial charge >= 0.3 is 0 Å².